The minimum Gasteiger partial charge on any atom is -0.473 e. The molecule has 0 unspecified atom stereocenters. The van der Waals surface area contributed by atoms with E-state index in [0.717, 1.165) is 61.5 Å². The van der Waals surface area contributed by atoms with E-state index in [1.165, 1.54) is 29.2 Å². The third-order valence-electron chi connectivity index (χ3n) is 11.5. The number of benzene rings is 8. The molecule has 0 saturated heterocycles. The van der Waals surface area contributed by atoms with Gasteiger partial charge in [0.15, 0.2) is 5.43 Å². The summed E-state index contributed by atoms with van der Waals surface area (Å²) in [6, 6.07) is 87.1. The quantitative estimate of drug-likeness (QED) is 0.159. The molecule has 0 N–H and O–H groups in total. The second-order valence-corrected chi connectivity index (χ2v) is 16.7. The Labute approximate surface area is 442 Å². The van der Waals surface area contributed by atoms with E-state index in [1.54, 1.807) is 49.3 Å². The van der Waals surface area contributed by atoms with Crippen molar-refractivity contribution in [3.8, 4) is 34.0 Å². The molecule has 15 aromatic rings. The molecule has 0 amide bonds. The lowest BCUT2D eigenvalue weighted by Gasteiger charge is -1.97. The Hall–Kier alpha value is -10.6. The first-order chi connectivity index (χ1) is 38.1. The summed E-state index contributed by atoms with van der Waals surface area (Å²) < 4.78 is 36.4. The van der Waals surface area contributed by atoms with Crippen LogP contribution in [0, 0.1) is 0 Å². The van der Waals surface area contributed by atoms with Gasteiger partial charge in [-0.3, -0.25) is 4.79 Å². The van der Waals surface area contributed by atoms with Gasteiger partial charge in [-0.15, -0.1) is 0 Å². The molecule has 0 spiro atoms. The van der Waals surface area contributed by atoms with E-state index in [4.69, 9.17) is 26.5 Å². The molecule has 0 aliphatic rings. The average Bonchev–Trinajstić information content (AvgIpc) is 4.38. The van der Waals surface area contributed by atoms with Gasteiger partial charge >= 0.3 is 5.63 Å². The molecule has 7 heterocycles. The molecule has 0 bridgehead atoms. The molecular weight excluding hydrogens is 961 g/mol. The van der Waals surface area contributed by atoms with Crippen LogP contribution in [0.4, 0.5) is 0 Å². The maximum atomic E-state index is 11.1. The van der Waals surface area contributed by atoms with Crippen molar-refractivity contribution >= 4 is 54.8 Å². The normalized spacial score (nSPS) is 10.2. The molecular formula is C68H50O9. The summed E-state index contributed by atoms with van der Waals surface area (Å²) in [5, 5.41) is 5.14. The standard InChI is InChI=1S/C16H12O.C12H8O.C10H8O.2C9H6O2.C8H6O.C4H4O/c1-3-7-13(8-4-1)15-11-12-16(17-15)14-9-5-2-6-10-14;1-3-7-11-9(5-1)10-6-2-4-8-12(10)13-11;1-2-5-9(6-3-1)10-7-4-8-11-10;10-8-5-6-11-9-4-2-1-3-7(8)9;10-9-6-5-7-3-1-2-4-8(7)11-9;1-2-4-8-7(3-1)5-6-9-8;1-2-4-5-3-1/h1-12H;1-8H;1-8H;2*1-6H;1-6H;1-4H. The van der Waals surface area contributed by atoms with Gasteiger partial charge in [-0.25, -0.2) is 4.79 Å². The van der Waals surface area contributed by atoms with Crippen LogP contribution in [0.3, 0.4) is 0 Å². The van der Waals surface area contributed by atoms with Gasteiger partial charge in [-0.2, -0.15) is 0 Å². The van der Waals surface area contributed by atoms with Crippen molar-refractivity contribution in [1.29, 1.82) is 0 Å². The van der Waals surface area contributed by atoms with Crippen molar-refractivity contribution in [3.63, 3.8) is 0 Å². The summed E-state index contributed by atoms with van der Waals surface area (Å²) >= 11 is 0. The highest BCUT2D eigenvalue weighted by molar-refractivity contribution is 6.04. The Morgan fingerprint density at radius 3 is 1.21 bits per heavy atom. The number of hydrogen-bond acceptors (Lipinski definition) is 9. The van der Waals surface area contributed by atoms with Crippen LogP contribution in [0.1, 0.15) is 0 Å². The summed E-state index contributed by atoms with van der Waals surface area (Å²) in [6.45, 7) is 0. The van der Waals surface area contributed by atoms with Gasteiger partial charge in [0.2, 0.25) is 0 Å². The fourth-order valence-electron chi connectivity index (χ4n) is 7.75. The minimum absolute atomic E-state index is 0.00634. The molecule has 0 fully saturated rings. The van der Waals surface area contributed by atoms with Crippen molar-refractivity contribution < 1.29 is 30.9 Å². The average molecular weight is 1010 g/mol. The molecule has 77 heavy (non-hydrogen) atoms. The first-order valence-corrected chi connectivity index (χ1v) is 24.6. The van der Waals surface area contributed by atoms with E-state index in [0.29, 0.717) is 16.6 Å². The van der Waals surface area contributed by atoms with Gasteiger partial charge in [0.25, 0.3) is 0 Å². The van der Waals surface area contributed by atoms with Crippen LogP contribution < -0.4 is 11.1 Å². The lowest BCUT2D eigenvalue weighted by molar-refractivity contribution is 0.561. The monoisotopic (exact) mass is 1010 g/mol. The predicted molar refractivity (Wildman–Crippen MR) is 307 cm³/mol. The molecule has 0 atom stereocenters. The number of hydrogen-bond donors (Lipinski definition) is 0. The maximum Gasteiger partial charge on any atom is 0.336 e. The van der Waals surface area contributed by atoms with E-state index in [-0.39, 0.29) is 11.1 Å². The van der Waals surface area contributed by atoms with Crippen molar-refractivity contribution in [1.82, 2.24) is 0 Å². The largest absolute Gasteiger partial charge is 0.473 e. The van der Waals surface area contributed by atoms with Crippen LogP contribution in [0.5, 0.6) is 0 Å². The fourth-order valence-corrected chi connectivity index (χ4v) is 7.75. The molecule has 9 heteroatoms. The van der Waals surface area contributed by atoms with Crippen molar-refractivity contribution in [2.75, 3.05) is 0 Å². The Bertz CT molecular complexity index is 4040. The zero-order valence-electron chi connectivity index (χ0n) is 41.5. The zero-order chi connectivity index (χ0) is 52.7. The van der Waals surface area contributed by atoms with Crippen LogP contribution in [-0.2, 0) is 0 Å². The summed E-state index contributed by atoms with van der Waals surface area (Å²) in [5.74, 6) is 2.74. The molecule has 376 valence electrons. The zero-order valence-corrected chi connectivity index (χ0v) is 41.5. The second kappa shape index (κ2) is 26.9. The van der Waals surface area contributed by atoms with Gasteiger partial charge in [-0.05, 0) is 84.9 Å². The lowest BCUT2D eigenvalue weighted by Crippen LogP contribution is -1.96. The predicted octanol–water partition coefficient (Wildman–Crippen LogP) is 18.4. The molecule has 9 nitrogen and oxygen atoms in total. The Morgan fingerprint density at radius 1 is 0.234 bits per heavy atom. The summed E-state index contributed by atoms with van der Waals surface area (Å²) in [6.07, 6.45) is 8.04. The summed E-state index contributed by atoms with van der Waals surface area (Å²) in [5.41, 5.74) is 7.20. The second-order valence-electron chi connectivity index (χ2n) is 16.7. The molecule has 7 aromatic heterocycles. The summed E-state index contributed by atoms with van der Waals surface area (Å²) in [7, 11) is 0. The van der Waals surface area contributed by atoms with Crippen molar-refractivity contribution in [3.05, 3.63) is 325 Å². The van der Waals surface area contributed by atoms with Crippen molar-refractivity contribution in [2.45, 2.75) is 0 Å². The van der Waals surface area contributed by atoms with E-state index < -0.39 is 0 Å². The molecule has 8 aromatic carbocycles. The van der Waals surface area contributed by atoms with Gasteiger partial charge in [0, 0.05) is 50.4 Å². The van der Waals surface area contributed by atoms with Gasteiger partial charge < -0.3 is 30.9 Å². The number of para-hydroxylation sites is 5. The third kappa shape index (κ3) is 14.5. The Kier molecular flexibility index (Phi) is 17.9. The van der Waals surface area contributed by atoms with Crippen LogP contribution >= 0.6 is 0 Å². The van der Waals surface area contributed by atoms with E-state index in [9.17, 15) is 9.59 Å². The van der Waals surface area contributed by atoms with Crippen LogP contribution in [-0.4, -0.2) is 0 Å². The molecule has 0 radical (unpaired) electrons. The highest BCUT2D eigenvalue weighted by Crippen LogP contribution is 2.29. The van der Waals surface area contributed by atoms with E-state index >= 15 is 0 Å². The molecule has 0 aliphatic heterocycles. The van der Waals surface area contributed by atoms with E-state index in [1.807, 2.05) is 224 Å². The maximum absolute atomic E-state index is 11.1. The minimum atomic E-state index is -0.302. The van der Waals surface area contributed by atoms with Gasteiger partial charge in [-0.1, -0.05) is 176 Å². The number of furan rings is 5. The highest BCUT2D eigenvalue weighted by atomic mass is 16.4. The Morgan fingerprint density at radius 2 is 0.688 bits per heavy atom. The first kappa shape index (κ1) is 51.3. The molecule has 0 saturated carbocycles. The van der Waals surface area contributed by atoms with Crippen molar-refractivity contribution in [2.24, 2.45) is 0 Å². The summed E-state index contributed by atoms with van der Waals surface area (Å²) in [4.78, 5) is 21.8. The molecule has 0 aliphatic carbocycles. The third-order valence-corrected chi connectivity index (χ3v) is 11.5. The van der Waals surface area contributed by atoms with E-state index in [2.05, 4.69) is 16.5 Å². The fraction of sp³-hybridized carbons (Fsp3) is 0. The van der Waals surface area contributed by atoms with Crippen LogP contribution in [0.25, 0.3) is 88.8 Å². The Balaban J connectivity index is 0.000000112. The topological polar surface area (TPSA) is 126 Å². The lowest BCUT2D eigenvalue weighted by atomic mass is 10.2. The number of fused-ring (bicyclic) bond motifs is 6. The number of rotatable bonds is 3. The van der Waals surface area contributed by atoms with Crippen LogP contribution in [0.15, 0.2) is 345 Å². The smallest absolute Gasteiger partial charge is 0.336 e. The van der Waals surface area contributed by atoms with Crippen LogP contribution in [0.2, 0.25) is 0 Å². The van der Waals surface area contributed by atoms with Gasteiger partial charge in [0.05, 0.1) is 36.7 Å². The molecule has 15 rings (SSSR count). The highest BCUT2D eigenvalue weighted by Gasteiger charge is 2.06. The first-order valence-electron chi connectivity index (χ1n) is 24.6. The SMILES string of the molecule is O=c1ccc2ccccc2o1.O=c1ccoc2ccccc12.c1ccc(-c2ccc(-c3ccccc3)o2)cc1.c1ccc(-c2ccco2)cc1.c1ccc2c(c1)oc1ccccc12.c1ccc2occc2c1.c1ccoc1. The van der Waals surface area contributed by atoms with Gasteiger partial charge in [0.1, 0.15) is 45.2 Å².